The highest BCUT2D eigenvalue weighted by molar-refractivity contribution is 6.97. The van der Waals surface area contributed by atoms with Crippen LogP contribution in [0.4, 0.5) is 0 Å². The van der Waals surface area contributed by atoms with Crippen LogP contribution in [0.15, 0.2) is 0 Å². The van der Waals surface area contributed by atoms with Crippen molar-refractivity contribution in [1.29, 1.82) is 0 Å². The fraction of sp³-hybridized carbons (Fsp3) is 0.778. The van der Waals surface area contributed by atoms with Gasteiger partial charge in [-0.2, -0.15) is 11.1 Å². The summed E-state index contributed by atoms with van der Waals surface area (Å²) in [6.07, 6.45) is 0.500. The molecule has 0 aromatic rings. The highest BCUT2D eigenvalue weighted by atomic mass is 35.6. The number of carboxylic acid groups (broad SMARTS) is 1. The Morgan fingerprint density at radius 1 is 1.60 bits per heavy atom. The third-order valence-corrected chi connectivity index (χ3v) is 6.01. The molecular formula is C9H17ClO4Si. The van der Waals surface area contributed by atoms with Crippen molar-refractivity contribution in [2.45, 2.75) is 31.7 Å². The Hall–Kier alpha value is -0.553. The molecule has 0 heterocycles. The van der Waals surface area contributed by atoms with E-state index in [2.05, 4.69) is 0 Å². The van der Waals surface area contributed by atoms with Gasteiger partial charge in [0.25, 0.3) is 0 Å². The maximum atomic E-state index is 11.5. The van der Waals surface area contributed by atoms with Crippen LogP contribution in [0, 0.1) is 5.92 Å². The van der Waals surface area contributed by atoms with Gasteiger partial charge in [0.2, 0.25) is 0 Å². The van der Waals surface area contributed by atoms with Crippen LogP contribution in [0.25, 0.3) is 0 Å². The number of rotatable bonds is 6. The van der Waals surface area contributed by atoms with Crippen LogP contribution >= 0.6 is 11.1 Å². The molecule has 0 rings (SSSR count). The molecule has 0 saturated heterocycles. The zero-order valence-electron chi connectivity index (χ0n) is 9.25. The van der Waals surface area contributed by atoms with Gasteiger partial charge in [-0.15, -0.1) is 0 Å². The zero-order chi connectivity index (χ0) is 12.1. The number of hydrogen-bond donors (Lipinski definition) is 1. The molecule has 0 fully saturated rings. The van der Waals surface area contributed by atoms with Crippen LogP contribution in [0.2, 0.25) is 5.04 Å². The molecule has 4 nitrogen and oxygen atoms in total. The average Bonchev–Trinajstić information content (AvgIpc) is 2.23. The van der Waals surface area contributed by atoms with E-state index >= 15 is 0 Å². The first-order valence-electron chi connectivity index (χ1n) is 4.74. The smallest absolute Gasteiger partial charge is 0.309 e. The molecule has 1 N–H and O–H groups in total. The quantitative estimate of drug-likeness (QED) is 0.438. The number of carbonyl (C=O) groups excluding carboxylic acids is 1. The van der Waals surface area contributed by atoms with Crippen molar-refractivity contribution in [3.8, 4) is 0 Å². The Labute approximate surface area is 96.5 Å². The lowest BCUT2D eigenvalue weighted by Crippen LogP contribution is -2.32. The van der Waals surface area contributed by atoms with Gasteiger partial charge in [-0.3, -0.25) is 9.59 Å². The van der Waals surface area contributed by atoms with E-state index in [4.69, 9.17) is 20.9 Å². The summed E-state index contributed by atoms with van der Waals surface area (Å²) in [5.74, 6) is -1.25. The van der Waals surface area contributed by atoms with Crippen LogP contribution < -0.4 is 0 Å². The van der Waals surface area contributed by atoms with Gasteiger partial charge < -0.3 is 9.84 Å². The zero-order valence-corrected chi connectivity index (χ0v) is 11.4. The van der Waals surface area contributed by atoms with Gasteiger partial charge in [-0.25, -0.2) is 0 Å². The standard InChI is InChI=1S/C9H17ClO4Si/c1-6(4-5-7(11)12)9(2,15-10)8(13)14-3/h6H,4-5,15H2,1-3H3,(H,11,12). The molecule has 0 aliphatic rings. The molecule has 0 aliphatic heterocycles. The maximum Gasteiger partial charge on any atom is 0.309 e. The molecule has 2 atom stereocenters. The predicted molar refractivity (Wildman–Crippen MR) is 60.8 cm³/mol. The summed E-state index contributed by atoms with van der Waals surface area (Å²) in [7, 11) is 0.210. The van der Waals surface area contributed by atoms with E-state index in [9.17, 15) is 9.59 Å². The first-order valence-corrected chi connectivity index (χ1v) is 7.59. The lowest BCUT2D eigenvalue weighted by molar-refractivity contribution is -0.146. The number of halogens is 1. The number of hydrogen-bond acceptors (Lipinski definition) is 3. The van der Waals surface area contributed by atoms with Crippen LogP contribution in [-0.4, -0.2) is 33.0 Å². The number of carboxylic acids is 1. The number of aliphatic carboxylic acids is 1. The van der Waals surface area contributed by atoms with E-state index in [1.165, 1.54) is 7.11 Å². The normalized spacial score (nSPS) is 17.3. The lowest BCUT2D eigenvalue weighted by Gasteiger charge is -2.30. The second kappa shape index (κ2) is 6.12. The Bertz CT molecular complexity index is 246. The highest BCUT2D eigenvalue weighted by Gasteiger charge is 2.39. The van der Waals surface area contributed by atoms with Crippen molar-refractivity contribution in [3.05, 3.63) is 0 Å². The van der Waals surface area contributed by atoms with Crippen molar-refractivity contribution < 1.29 is 19.4 Å². The average molecular weight is 253 g/mol. The van der Waals surface area contributed by atoms with Gasteiger partial charge in [-0.05, 0) is 12.3 Å². The largest absolute Gasteiger partial charge is 0.481 e. The lowest BCUT2D eigenvalue weighted by atomic mass is 9.90. The number of esters is 1. The van der Waals surface area contributed by atoms with Gasteiger partial charge >= 0.3 is 11.9 Å². The summed E-state index contributed by atoms with van der Waals surface area (Å²) in [5, 5.41) is 7.88. The minimum Gasteiger partial charge on any atom is -0.481 e. The van der Waals surface area contributed by atoms with Crippen LogP contribution in [0.3, 0.4) is 0 Å². The van der Waals surface area contributed by atoms with Crippen molar-refractivity contribution in [2.24, 2.45) is 5.92 Å². The Morgan fingerprint density at radius 3 is 2.47 bits per heavy atom. The minimum atomic E-state index is -1.11. The molecule has 0 saturated carbocycles. The van der Waals surface area contributed by atoms with Gasteiger partial charge in [0.1, 0.15) is 8.83 Å². The van der Waals surface area contributed by atoms with Crippen LogP contribution in [0.1, 0.15) is 26.7 Å². The summed E-state index contributed by atoms with van der Waals surface area (Å²) >= 11 is 5.88. The minimum absolute atomic E-state index is 0.0546. The van der Waals surface area contributed by atoms with Crippen LogP contribution in [0.5, 0.6) is 0 Å². The molecule has 0 spiro atoms. The maximum absolute atomic E-state index is 11.5. The fourth-order valence-corrected chi connectivity index (χ4v) is 3.12. The van der Waals surface area contributed by atoms with Gasteiger partial charge in [-0.1, -0.05) is 13.8 Å². The van der Waals surface area contributed by atoms with E-state index in [0.29, 0.717) is 6.42 Å². The molecule has 0 aliphatic carbocycles. The first kappa shape index (κ1) is 14.4. The molecule has 0 aromatic heterocycles. The summed E-state index contributed by atoms with van der Waals surface area (Å²) in [6, 6.07) is 0. The van der Waals surface area contributed by atoms with E-state index in [1.54, 1.807) is 6.92 Å². The molecular weight excluding hydrogens is 236 g/mol. The number of methoxy groups -OCH3 is 1. The Balaban J connectivity index is 4.50. The molecule has 0 aromatic carbocycles. The van der Waals surface area contributed by atoms with Crippen molar-refractivity contribution in [3.63, 3.8) is 0 Å². The van der Waals surface area contributed by atoms with Gasteiger partial charge in [0.05, 0.1) is 12.1 Å². The molecule has 0 bridgehead atoms. The van der Waals surface area contributed by atoms with E-state index in [1.807, 2.05) is 6.92 Å². The van der Waals surface area contributed by atoms with E-state index < -0.39 is 19.8 Å². The molecule has 15 heavy (non-hydrogen) atoms. The molecule has 0 amide bonds. The topological polar surface area (TPSA) is 63.6 Å². The third-order valence-electron chi connectivity index (χ3n) is 2.81. The monoisotopic (exact) mass is 252 g/mol. The van der Waals surface area contributed by atoms with E-state index in [-0.39, 0.29) is 18.3 Å². The summed E-state index contributed by atoms with van der Waals surface area (Å²) < 4.78 is 4.70. The van der Waals surface area contributed by atoms with Gasteiger partial charge in [0.15, 0.2) is 0 Å². The fourth-order valence-electron chi connectivity index (χ4n) is 1.28. The Morgan fingerprint density at radius 2 is 2.13 bits per heavy atom. The second-order valence-corrected chi connectivity index (χ2v) is 6.41. The SMILES string of the molecule is COC(=O)C(C)([SiH2]Cl)C(C)CCC(=O)O. The molecule has 6 heteroatoms. The molecule has 0 radical (unpaired) electrons. The number of ether oxygens (including phenoxy) is 1. The van der Waals surface area contributed by atoms with Crippen molar-refractivity contribution in [1.82, 2.24) is 0 Å². The van der Waals surface area contributed by atoms with Crippen molar-refractivity contribution in [2.75, 3.05) is 7.11 Å². The number of carbonyl (C=O) groups is 2. The first-order chi connectivity index (χ1) is 6.88. The Kier molecular flexibility index (Phi) is 5.90. The molecule has 88 valence electrons. The van der Waals surface area contributed by atoms with Crippen LogP contribution in [-0.2, 0) is 14.3 Å². The highest BCUT2D eigenvalue weighted by Crippen LogP contribution is 2.39. The van der Waals surface area contributed by atoms with Crippen molar-refractivity contribution >= 4 is 31.8 Å². The summed E-state index contributed by atoms with van der Waals surface area (Å²) in [4.78, 5) is 22.0. The second-order valence-electron chi connectivity index (χ2n) is 3.88. The van der Waals surface area contributed by atoms with Gasteiger partial charge in [0, 0.05) is 6.42 Å². The summed E-state index contributed by atoms with van der Waals surface area (Å²) in [6.45, 7) is 3.60. The van der Waals surface area contributed by atoms with E-state index in [0.717, 1.165) is 0 Å². The molecule has 2 unspecified atom stereocenters. The third kappa shape index (κ3) is 3.83. The predicted octanol–water partition coefficient (Wildman–Crippen LogP) is 1.16. The summed E-state index contributed by atoms with van der Waals surface area (Å²) in [5.41, 5.74) is 0.